The molecule has 0 atom stereocenters. The van der Waals surface area contributed by atoms with E-state index in [9.17, 15) is 0 Å². The predicted octanol–water partition coefficient (Wildman–Crippen LogP) is 11.1. The minimum atomic E-state index is 1.13. The summed E-state index contributed by atoms with van der Waals surface area (Å²) in [7, 11) is 0. The maximum atomic E-state index is 2.39. The van der Waals surface area contributed by atoms with Gasteiger partial charge in [-0.1, -0.05) is 103 Å². The summed E-state index contributed by atoms with van der Waals surface area (Å²) in [6, 6.07) is 60.8. The molecule has 0 saturated heterocycles. The van der Waals surface area contributed by atoms with Crippen LogP contribution in [0.2, 0.25) is 0 Å². The van der Waals surface area contributed by atoms with E-state index in [1.807, 2.05) is 0 Å². The van der Waals surface area contributed by atoms with E-state index in [0.717, 1.165) is 22.7 Å². The zero-order valence-electron chi connectivity index (χ0n) is 23.1. The fraction of sp³-hybridized carbons (Fsp3) is 0. The standard InChI is InChI=1S/C40H28N2/c1-3-13-33(14-4-1)41(34-15-5-2-6-16-34)35-23-19-29(20-24-35)30-21-25-36(26-22-30)42-39-18-10-9-17-37(39)38-27-31-11-7-8-12-32(31)28-40(38)42/h1-28H. The summed E-state index contributed by atoms with van der Waals surface area (Å²) >= 11 is 0. The molecule has 42 heavy (non-hydrogen) atoms. The zero-order chi connectivity index (χ0) is 27.9. The summed E-state index contributed by atoms with van der Waals surface area (Å²) in [5.41, 5.74) is 9.42. The summed E-state index contributed by atoms with van der Waals surface area (Å²) in [5.74, 6) is 0. The highest BCUT2D eigenvalue weighted by Gasteiger charge is 2.14. The summed E-state index contributed by atoms with van der Waals surface area (Å²) in [6.45, 7) is 0. The van der Waals surface area contributed by atoms with Gasteiger partial charge in [-0.2, -0.15) is 0 Å². The average molecular weight is 537 g/mol. The van der Waals surface area contributed by atoms with Crippen molar-refractivity contribution in [1.29, 1.82) is 0 Å². The molecule has 0 aliphatic rings. The molecule has 0 aliphatic heterocycles. The topological polar surface area (TPSA) is 8.17 Å². The second kappa shape index (κ2) is 10.1. The van der Waals surface area contributed by atoms with Crippen LogP contribution in [0.15, 0.2) is 170 Å². The Morgan fingerprint density at radius 2 is 0.857 bits per heavy atom. The van der Waals surface area contributed by atoms with Crippen molar-refractivity contribution in [2.75, 3.05) is 4.90 Å². The first-order chi connectivity index (χ1) is 20.8. The minimum absolute atomic E-state index is 1.13. The fourth-order valence-corrected chi connectivity index (χ4v) is 6.14. The molecule has 1 heterocycles. The summed E-state index contributed by atoms with van der Waals surface area (Å²) < 4.78 is 2.39. The SMILES string of the molecule is c1ccc(N(c2ccccc2)c2ccc(-c3ccc(-n4c5ccccc5c5cc6ccccc6cc54)cc3)cc2)cc1. The Bertz CT molecular complexity index is 2120. The van der Waals surface area contributed by atoms with Crippen molar-refractivity contribution in [2.45, 2.75) is 0 Å². The molecule has 0 spiro atoms. The van der Waals surface area contributed by atoms with Crippen molar-refractivity contribution < 1.29 is 0 Å². The highest BCUT2D eigenvalue weighted by molar-refractivity contribution is 6.13. The number of rotatable bonds is 5. The van der Waals surface area contributed by atoms with Crippen LogP contribution in [0.3, 0.4) is 0 Å². The van der Waals surface area contributed by atoms with Gasteiger partial charge in [0.05, 0.1) is 11.0 Å². The van der Waals surface area contributed by atoms with Gasteiger partial charge in [-0.05, 0) is 88.6 Å². The van der Waals surface area contributed by atoms with E-state index in [-0.39, 0.29) is 0 Å². The van der Waals surface area contributed by atoms with Crippen molar-refractivity contribution in [3.63, 3.8) is 0 Å². The van der Waals surface area contributed by atoms with E-state index in [2.05, 4.69) is 179 Å². The van der Waals surface area contributed by atoms with Crippen LogP contribution in [-0.2, 0) is 0 Å². The summed E-state index contributed by atoms with van der Waals surface area (Å²) in [4.78, 5) is 2.29. The smallest absolute Gasteiger partial charge is 0.0547 e. The van der Waals surface area contributed by atoms with Crippen LogP contribution >= 0.6 is 0 Å². The first-order valence-corrected chi connectivity index (χ1v) is 14.4. The van der Waals surface area contributed by atoms with E-state index < -0.39 is 0 Å². The van der Waals surface area contributed by atoms with Crippen LogP contribution in [0.4, 0.5) is 17.1 Å². The van der Waals surface area contributed by atoms with Gasteiger partial charge in [0.25, 0.3) is 0 Å². The number of para-hydroxylation sites is 3. The lowest BCUT2D eigenvalue weighted by atomic mass is 10.0. The Labute approximate surface area is 245 Å². The molecule has 0 unspecified atom stereocenters. The molecule has 0 saturated carbocycles. The largest absolute Gasteiger partial charge is 0.311 e. The lowest BCUT2D eigenvalue weighted by Gasteiger charge is -2.25. The molecule has 0 amide bonds. The van der Waals surface area contributed by atoms with Gasteiger partial charge in [0.1, 0.15) is 0 Å². The number of hydrogen-bond donors (Lipinski definition) is 0. The fourth-order valence-electron chi connectivity index (χ4n) is 6.14. The van der Waals surface area contributed by atoms with Crippen LogP contribution < -0.4 is 4.90 Å². The Morgan fingerprint density at radius 3 is 1.50 bits per heavy atom. The molecule has 2 heteroatoms. The van der Waals surface area contributed by atoms with Gasteiger partial charge < -0.3 is 9.47 Å². The third-order valence-corrected chi connectivity index (χ3v) is 8.15. The highest BCUT2D eigenvalue weighted by atomic mass is 15.1. The Hall–Kier alpha value is -5.60. The third-order valence-electron chi connectivity index (χ3n) is 8.15. The van der Waals surface area contributed by atoms with E-state index in [1.165, 1.54) is 43.7 Å². The molecule has 1 aromatic heterocycles. The second-order valence-electron chi connectivity index (χ2n) is 10.7. The Morgan fingerprint density at radius 1 is 0.357 bits per heavy atom. The maximum absolute atomic E-state index is 2.39. The monoisotopic (exact) mass is 536 g/mol. The number of hydrogen-bond acceptors (Lipinski definition) is 1. The number of fused-ring (bicyclic) bond motifs is 4. The molecule has 2 nitrogen and oxygen atoms in total. The predicted molar refractivity (Wildman–Crippen MR) is 178 cm³/mol. The van der Waals surface area contributed by atoms with Crippen molar-refractivity contribution in [2.24, 2.45) is 0 Å². The van der Waals surface area contributed by atoms with E-state index in [0.29, 0.717) is 0 Å². The third kappa shape index (κ3) is 4.13. The molecule has 8 rings (SSSR count). The molecule has 0 radical (unpaired) electrons. The first-order valence-electron chi connectivity index (χ1n) is 14.4. The van der Waals surface area contributed by atoms with E-state index >= 15 is 0 Å². The molecular formula is C40H28N2. The van der Waals surface area contributed by atoms with Crippen LogP contribution in [-0.4, -0.2) is 4.57 Å². The van der Waals surface area contributed by atoms with Crippen molar-refractivity contribution in [3.8, 4) is 16.8 Å². The quantitative estimate of drug-likeness (QED) is 0.212. The Balaban J connectivity index is 1.17. The number of nitrogens with zero attached hydrogens (tertiary/aromatic N) is 2. The van der Waals surface area contributed by atoms with Crippen LogP contribution in [0.5, 0.6) is 0 Å². The molecule has 0 fully saturated rings. The van der Waals surface area contributed by atoms with Gasteiger partial charge in [-0.25, -0.2) is 0 Å². The van der Waals surface area contributed by atoms with Crippen molar-refractivity contribution in [3.05, 3.63) is 170 Å². The van der Waals surface area contributed by atoms with E-state index in [1.54, 1.807) is 0 Å². The first kappa shape index (κ1) is 24.2. The van der Waals surface area contributed by atoms with Crippen molar-refractivity contribution in [1.82, 2.24) is 4.57 Å². The van der Waals surface area contributed by atoms with Crippen molar-refractivity contribution >= 4 is 49.6 Å². The van der Waals surface area contributed by atoms with E-state index in [4.69, 9.17) is 0 Å². The average Bonchev–Trinajstić information content (AvgIpc) is 3.38. The van der Waals surface area contributed by atoms with Gasteiger partial charge in [0, 0.05) is 33.5 Å². The lowest BCUT2D eigenvalue weighted by Crippen LogP contribution is -2.09. The molecule has 0 aliphatic carbocycles. The zero-order valence-corrected chi connectivity index (χ0v) is 23.1. The molecule has 7 aromatic carbocycles. The number of aromatic nitrogens is 1. The van der Waals surface area contributed by atoms with Gasteiger partial charge >= 0.3 is 0 Å². The van der Waals surface area contributed by atoms with Gasteiger partial charge in [-0.3, -0.25) is 0 Å². The van der Waals surface area contributed by atoms with Gasteiger partial charge in [0.15, 0.2) is 0 Å². The lowest BCUT2D eigenvalue weighted by molar-refractivity contribution is 1.18. The molecule has 8 aromatic rings. The summed E-state index contributed by atoms with van der Waals surface area (Å²) in [5, 5.41) is 5.08. The molecular weight excluding hydrogens is 508 g/mol. The molecule has 0 N–H and O–H groups in total. The molecule has 198 valence electrons. The van der Waals surface area contributed by atoms with Crippen LogP contribution in [0.1, 0.15) is 0 Å². The van der Waals surface area contributed by atoms with Gasteiger partial charge in [0.2, 0.25) is 0 Å². The highest BCUT2D eigenvalue weighted by Crippen LogP contribution is 2.37. The van der Waals surface area contributed by atoms with Gasteiger partial charge in [-0.15, -0.1) is 0 Å². The second-order valence-corrected chi connectivity index (χ2v) is 10.7. The molecule has 0 bridgehead atoms. The number of benzene rings is 7. The normalized spacial score (nSPS) is 11.3. The number of anilines is 3. The Kier molecular flexibility index (Phi) is 5.82. The van der Waals surface area contributed by atoms with Crippen LogP contribution in [0, 0.1) is 0 Å². The summed E-state index contributed by atoms with van der Waals surface area (Å²) in [6.07, 6.45) is 0. The minimum Gasteiger partial charge on any atom is -0.311 e. The maximum Gasteiger partial charge on any atom is 0.0547 e. The van der Waals surface area contributed by atoms with Crippen LogP contribution in [0.25, 0.3) is 49.4 Å².